The van der Waals surface area contributed by atoms with Gasteiger partial charge < -0.3 is 15.4 Å². The molecule has 1 aliphatic heterocycles. The van der Waals surface area contributed by atoms with E-state index in [1.807, 2.05) is 6.07 Å². The maximum Gasteiger partial charge on any atom is 0.319 e. The Morgan fingerprint density at radius 2 is 1.65 bits per heavy atom. The summed E-state index contributed by atoms with van der Waals surface area (Å²) in [5.41, 5.74) is 2.52. The molecular weight excluding hydrogens is 659 g/mol. The number of amides is 2. The predicted octanol–water partition coefficient (Wildman–Crippen LogP) is 5.69. The van der Waals surface area contributed by atoms with E-state index in [0.717, 1.165) is 24.8 Å². The number of carbonyl (C=O) groups excluding carboxylic acids is 1. The van der Waals surface area contributed by atoms with E-state index in [2.05, 4.69) is 20.0 Å². The van der Waals surface area contributed by atoms with Gasteiger partial charge in [0, 0.05) is 35.8 Å². The van der Waals surface area contributed by atoms with Crippen LogP contribution < -0.4 is 15.4 Å². The maximum absolute atomic E-state index is 12.9. The first-order valence-electron chi connectivity index (χ1n) is 14.0. The Bertz CT molecular complexity index is 1950. The van der Waals surface area contributed by atoms with Crippen LogP contribution in [0.4, 0.5) is 10.5 Å². The molecule has 0 bridgehead atoms. The van der Waals surface area contributed by atoms with Gasteiger partial charge in [0.1, 0.15) is 5.75 Å². The van der Waals surface area contributed by atoms with Crippen LogP contribution in [0.15, 0.2) is 87.5 Å². The molecule has 2 amide bonds. The third kappa shape index (κ3) is 7.79. The third-order valence-corrected chi connectivity index (χ3v) is 10.8. The summed E-state index contributed by atoms with van der Waals surface area (Å²) in [6, 6.07) is 18.6. The summed E-state index contributed by atoms with van der Waals surface area (Å²) >= 11 is 0.552. The first kappa shape index (κ1) is 33.6. The molecule has 0 radical (unpaired) electrons. The van der Waals surface area contributed by atoms with Gasteiger partial charge in [-0.3, -0.25) is 4.55 Å². The second-order valence-corrected chi connectivity index (χ2v) is 14.5. The fourth-order valence-corrected chi connectivity index (χ4v) is 7.83. The van der Waals surface area contributed by atoms with Crippen LogP contribution in [0.5, 0.6) is 5.75 Å². The Balaban J connectivity index is 1.31. The molecular formula is C30H31N3O10S3. The van der Waals surface area contributed by atoms with Gasteiger partial charge in [-0.05, 0) is 89.3 Å². The number of hydrogen-bond acceptors (Lipinski definition) is 10. The summed E-state index contributed by atoms with van der Waals surface area (Å²) < 4.78 is 70.5. The van der Waals surface area contributed by atoms with Gasteiger partial charge in [-0.25, -0.2) is 18.5 Å². The normalized spacial score (nSPS) is 14.2. The highest BCUT2D eigenvalue weighted by Gasteiger charge is 2.25. The minimum Gasteiger partial charge on any atom is -0.496 e. The molecule has 244 valence electrons. The summed E-state index contributed by atoms with van der Waals surface area (Å²) in [7, 11) is -6.59. The van der Waals surface area contributed by atoms with Gasteiger partial charge in [0.15, 0.2) is 0 Å². The van der Waals surface area contributed by atoms with E-state index in [0.29, 0.717) is 58.5 Å². The van der Waals surface area contributed by atoms with E-state index in [1.165, 1.54) is 35.7 Å². The number of benzene rings is 4. The second kappa shape index (κ2) is 14.4. The summed E-state index contributed by atoms with van der Waals surface area (Å²) in [6.07, 6.45) is 2.70. The molecule has 16 heteroatoms. The molecule has 0 aliphatic carbocycles. The number of rotatable bonds is 11. The summed E-state index contributed by atoms with van der Waals surface area (Å²) in [5.74, 6) is 0.533. The van der Waals surface area contributed by atoms with Gasteiger partial charge >= 0.3 is 6.03 Å². The van der Waals surface area contributed by atoms with Crippen LogP contribution in [-0.2, 0) is 36.1 Å². The van der Waals surface area contributed by atoms with Crippen LogP contribution in [0, 0.1) is 0 Å². The zero-order chi connectivity index (χ0) is 32.9. The lowest BCUT2D eigenvalue weighted by molar-refractivity contribution is -0.432. The van der Waals surface area contributed by atoms with Crippen molar-refractivity contribution in [2.75, 3.05) is 25.5 Å². The van der Waals surface area contributed by atoms with E-state index >= 15 is 0 Å². The smallest absolute Gasteiger partial charge is 0.319 e. The van der Waals surface area contributed by atoms with Crippen molar-refractivity contribution in [3.05, 3.63) is 78.4 Å². The number of anilines is 1. The van der Waals surface area contributed by atoms with Crippen molar-refractivity contribution in [1.82, 2.24) is 9.62 Å². The minimum atomic E-state index is -4.52. The highest BCUT2D eigenvalue weighted by atomic mass is 32.2. The van der Waals surface area contributed by atoms with E-state index in [-0.39, 0.29) is 21.2 Å². The van der Waals surface area contributed by atoms with E-state index in [9.17, 15) is 26.2 Å². The first-order valence-corrected chi connectivity index (χ1v) is 17.6. The van der Waals surface area contributed by atoms with Gasteiger partial charge in [-0.15, -0.1) is 4.33 Å². The van der Waals surface area contributed by atoms with Crippen molar-refractivity contribution in [2.24, 2.45) is 0 Å². The molecule has 4 aromatic rings. The van der Waals surface area contributed by atoms with Gasteiger partial charge in [-0.1, -0.05) is 29.7 Å². The molecule has 4 N–H and O–H groups in total. The lowest BCUT2D eigenvalue weighted by Crippen LogP contribution is -2.35. The van der Waals surface area contributed by atoms with Crippen LogP contribution >= 0.6 is 12.0 Å². The van der Waals surface area contributed by atoms with Crippen molar-refractivity contribution < 1.29 is 45.5 Å². The van der Waals surface area contributed by atoms with Crippen LogP contribution in [0.25, 0.3) is 21.9 Å². The number of piperidine rings is 1. The molecule has 1 aliphatic rings. The lowest BCUT2D eigenvalue weighted by atomic mass is 9.98. The molecule has 0 unspecified atom stereocenters. The number of fused-ring (bicyclic) bond motifs is 1. The summed E-state index contributed by atoms with van der Waals surface area (Å²) in [6.45, 7) is 1.16. The fourth-order valence-electron chi connectivity index (χ4n) is 5.15. The number of nitrogens with one attached hydrogen (secondary N) is 2. The number of ether oxygens (including phenoxy) is 1. The van der Waals surface area contributed by atoms with Crippen molar-refractivity contribution in [2.45, 2.75) is 40.5 Å². The zero-order valence-electron chi connectivity index (χ0n) is 24.5. The molecule has 0 spiro atoms. The molecule has 1 heterocycles. The van der Waals surface area contributed by atoms with Crippen LogP contribution in [0.1, 0.15) is 24.8 Å². The van der Waals surface area contributed by atoms with E-state index < -0.39 is 26.2 Å². The van der Waals surface area contributed by atoms with Crippen molar-refractivity contribution in [3.8, 4) is 16.9 Å². The molecule has 1 saturated heterocycles. The predicted molar refractivity (Wildman–Crippen MR) is 171 cm³/mol. The van der Waals surface area contributed by atoms with Crippen molar-refractivity contribution in [3.63, 3.8) is 0 Å². The Morgan fingerprint density at radius 1 is 0.913 bits per heavy atom. The molecule has 4 aromatic carbocycles. The standard InChI is InChI=1S/C30H31N3O10S3/c1-41-28-12-5-20(19-31-30(34)32-23-8-10-24(11-9-23)45(36,37)33-13-3-2-4-14-33)15-26(28)22-7-6-21-16-25(46(38,39)40)18-29(27(21)17-22)44-43-42-35/h5-12,15-18,35H,2-4,13-14,19H2,1H3,(H2,31,32,34)(H,38,39,40). The monoisotopic (exact) mass is 689 g/mol. The molecule has 46 heavy (non-hydrogen) atoms. The Kier molecular flexibility index (Phi) is 10.5. The van der Waals surface area contributed by atoms with Gasteiger partial charge in [0.05, 0.1) is 28.9 Å². The van der Waals surface area contributed by atoms with Gasteiger partial charge in [0.25, 0.3) is 10.1 Å². The quantitative estimate of drug-likeness (QED) is 0.0658. The van der Waals surface area contributed by atoms with Crippen LogP contribution in [-0.4, -0.2) is 57.2 Å². The second-order valence-electron chi connectivity index (χ2n) is 10.4. The number of carbonyl (C=O) groups is 1. The molecule has 0 aromatic heterocycles. The summed E-state index contributed by atoms with van der Waals surface area (Å²) in [5, 5.41) is 18.8. The number of urea groups is 1. The zero-order valence-corrected chi connectivity index (χ0v) is 27.0. The van der Waals surface area contributed by atoms with Crippen molar-refractivity contribution >= 4 is 54.7 Å². The number of hydrogen-bond donors (Lipinski definition) is 4. The highest BCUT2D eigenvalue weighted by molar-refractivity contribution is 7.94. The Morgan fingerprint density at radius 3 is 2.33 bits per heavy atom. The highest BCUT2D eigenvalue weighted by Crippen LogP contribution is 2.37. The average molecular weight is 690 g/mol. The number of sulfonamides is 1. The largest absolute Gasteiger partial charge is 0.496 e. The Labute approximate surface area is 270 Å². The van der Waals surface area contributed by atoms with Gasteiger partial charge in [0.2, 0.25) is 10.0 Å². The van der Waals surface area contributed by atoms with Crippen molar-refractivity contribution in [1.29, 1.82) is 0 Å². The van der Waals surface area contributed by atoms with E-state index in [1.54, 1.807) is 42.5 Å². The topological polar surface area (TPSA) is 181 Å². The SMILES string of the molecule is COc1ccc(CNC(=O)Nc2ccc(S(=O)(=O)N3CCCCC3)cc2)cc1-c1ccc2cc(S(=O)(=O)O)cc(SOOO)c2c1. The fraction of sp³-hybridized carbons (Fsp3) is 0.233. The average Bonchev–Trinajstić information content (AvgIpc) is 3.06. The Hall–Kier alpha value is -3.74. The van der Waals surface area contributed by atoms with Gasteiger partial charge in [-0.2, -0.15) is 12.7 Å². The molecule has 1 fully saturated rings. The van der Waals surface area contributed by atoms with Crippen LogP contribution in [0.2, 0.25) is 0 Å². The lowest BCUT2D eigenvalue weighted by Gasteiger charge is -2.25. The first-order chi connectivity index (χ1) is 22.0. The summed E-state index contributed by atoms with van der Waals surface area (Å²) in [4.78, 5) is 12.7. The third-order valence-electron chi connectivity index (χ3n) is 7.43. The number of methoxy groups -OCH3 is 1. The minimum absolute atomic E-state index is 0.151. The molecule has 0 saturated carbocycles. The molecule has 5 rings (SSSR count). The number of nitrogens with zero attached hydrogens (tertiary/aromatic N) is 1. The van der Waals surface area contributed by atoms with Crippen LogP contribution in [0.3, 0.4) is 0 Å². The molecule has 0 atom stereocenters. The van der Waals surface area contributed by atoms with E-state index in [4.69, 9.17) is 9.99 Å². The molecule has 13 nitrogen and oxygen atoms in total. The maximum atomic E-state index is 12.9.